The number of furan rings is 1. The zero-order chi connectivity index (χ0) is 24.0. The summed E-state index contributed by atoms with van der Waals surface area (Å²) in [4.78, 5) is 35.9. The van der Waals surface area contributed by atoms with Gasteiger partial charge in [0.05, 0.1) is 23.3 Å². The number of hydrogen-bond donors (Lipinski definition) is 0. The summed E-state index contributed by atoms with van der Waals surface area (Å²) in [5, 5.41) is 0. The largest absolute Gasteiger partial charge is 0.467 e. The van der Waals surface area contributed by atoms with Gasteiger partial charge in [-0.05, 0) is 55.0 Å². The maximum atomic E-state index is 13.7. The third kappa shape index (κ3) is 4.30. The molecule has 0 aromatic carbocycles. The fourth-order valence-corrected chi connectivity index (χ4v) is 6.01. The zero-order valence-corrected chi connectivity index (χ0v) is 21.0. The third-order valence-electron chi connectivity index (χ3n) is 6.20. The summed E-state index contributed by atoms with van der Waals surface area (Å²) in [6.45, 7) is 8.28. The quantitative estimate of drug-likeness (QED) is 0.391. The molecule has 9 heteroatoms. The van der Waals surface area contributed by atoms with Gasteiger partial charge in [0, 0.05) is 19.3 Å². The SMILES string of the molecule is Cc1ccc2nc(N3C[C@H](C)C[C@H](C)C3)c(/C=C3/SC(=S)N(Cc4ccco4)C3=O)c(=O)n2c1. The first-order valence-corrected chi connectivity index (χ1v) is 12.6. The van der Waals surface area contributed by atoms with Gasteiger partial charge in [0.1, 0.15) is 21.5 Å². The van der Waals surface area contributed by atoms with E-state index in [0.717, 1.165) is 25.1 Å². The Morgan fingerprint density at radius 3 is 2.68 bits per heavy atom. The Hall–Kier alpha value is -2.91. The highest BCUT2D eigenvalue weighted by molar-refractivity contribution is 8.26. The molecule has 5 heterocycles. The predicted octanol–water partition coefficient (Wildman–Crippen LogP) is 4.48. The molecule has 1 amide bonds. The second-order valence-electron chi connectivity index (χ2n) is 9.29. The van der Waals surface area contributed by atoms with E-state index in [2.05, 4.69) is 18.7 Å². The van der Waals surface area contributed by atoms with E-state index in [1.54, 1.807) is 35.1 Å². The van der Waals surface area contributed by atoms with Crippen LogP contribution in [0, 0.1) is 18.8 Å². The minimum Gasteiger partial charge on any atom is -0.467 e. The Morgan fingerprint density at radius 2 is 1.97 bits per heavy atom. The lowest BCUT2D eigenvalue weighted by atomic mass is 9.91. The van der Waals surface area contributed by atoms with Crippen LogP contribution in [0.5, 0.6) is 0 Å². The molecule has 34 heavy (non-hydrogen) atoms. The minimum atomic E-state index is -0.230. The molecule has 0 unspecified atom stereocenters. The van der Waals surface area contributed by atoms with Crippen molar-refractivity contribution in [2.24, 2.45) is 11.8 Å². The maximum Gasteiger partial charge on any atom is 0.267 e. The van der Waals surface area contributed by atoms with E-state index < -0.39 is 0 Å². The summed E-state index contributed by atoms with van der Waals surface area (Å²) in [6, 6.07) is 7.40. The number of hydrogen-bond acceptors (Lipinski definition) is 7. The smallest absolute Gasteiger partial charge is 0.267 e. The molecule has 3 aromatic rings. The monoisotopic (exact) mass is 494 g/mol. The number of amides is 1. The molecule has 2 saturated heterocycles. The molecule has 7 nitrogen and oxygen atoms in total. The number of thioether (sulfide) groups is 1. The number of carbonyl (C=O) groups is 1. The molecule has 0 saturated carbocycles. The number of aryl methyl sites for hydroxylation is 1. The number of pyridine rings is 1. The Morgan fingerprint density at radius 1 is 1.21 bits per heavy atom. The number of fused-ring (bicyclic) bond motifs is 1. The lowest BCUT2D eigenvalue weighted by Crippen LogP contribution is -2.40. The number of piperidine rings is 1. The van der Waals surface area contributed by atoms with Crippen LogP contribution in [-0.4, -0.2) is 37.6 Å². The number of nitrogens with zero attached hydrogens (tertiary/aromatic N) is 4. The predicted molar refractivity (Wildman–Crippen MR) is 139 cm³/mol. The van der Waals surface area contributed by atoms with Crippen molar-refractivity contribution in [3.8, 4) is 0 Å². The average molecular weight is 495 g/mol. The highest BCUT2D eigenvalue weighted by atomic mass is 32.2. The van der Waals surface area contributed by atoms with Gasteiger partial charge in [-0.15, -0.1) is 0 Å². The van der Waals surface area contributed by atoms with Gasteiger partial charge in [0.15, 0.2) is 0 Å². The van der Waals surface area contributed by atoms with Gasteiger partial charge in [-0.2, -0.15) is 0 Å². The first-order chi connectivity index (χ1) is 16.3. The first-order valence-electron chi connectivity index (χ1n) is 11.4. The standard InChI is InChI=1S/C25H26N4O3S2/c1-15-6-7-21-26-22(27-11-16(2)9-17(3)12-27)19(23(30)28(21)13-15)10-20-24(31)29(25(33)34-20)14-18-5-4-8-32-18/h4-8,10,13,16-17H,9,11-12,14H2,1-3H3/b20-10+/t16-,17+. The van der Waals surface area contributed by atoms with Crippen LogP contribution in [0.3, 0.4) is 0 Å². The van der Waals surface area contributed by atoms with Gasteiger partial charge in [0.2, 0.25) is 0 Å². The fourth-order valence-electron chi connectivity index (χ4n) is 4.78. The van der Waals surface area contributed by atoms with Crippen LogP contribution >= 0.6 is 24.0 Å². The number of rotatable bonds is 4. The van der Waals surface area contributed by atoms with E-state index in [9.17, 15) is 9.59 Å². The van der Waals surface area contributed by atoms with Crippen molar-refractivity contribution in [2.75, 3.05) is 18.0 Å². The normalized spacial score (nSPS) is 22.4. The van der Waals surface area contributed by atoms with Crippen molar-refractivity contribution in [1.82, 2.24) is 14.3 Å². The summed E-state index contributed by atoms with van der Waals surface area (Å²) in [7, 11) is 0. The number of thiocarbonyl (C=S) groups is 1. The molecule has 2 atom stereocenters. The van der Waals surface area contributed by atoms with E-state index in [0.29, 0.717) is 43.9 Å². The number of aromatic nitrogens is 2. The van der Waals surface area contributed by atoms with Crippen molar-refractivity contribution in [3.05, 3.63) is 68.9 Å². The first kappa shape index (κ1) is 22.9. The lowest BCUT2D eigenvalue weighted by molar-refractivity contribution is -0.122. The molecular weight excluding hydrogens is 468 g/mol. The molecule has 0 aliphatic carbocycles. The summed E-state index contributed by atoms with van der Waals surface area (Å²) >= 11 is 6.68. The average Bonchev–Trinajstić information content (AvgIpc) is 3.39. The van der Waals surface area contributed by atoms with Crippen LogP contribution in [-0.2, 0) is 11.3 Å². The number of anilines is 1. The second-order valence-corrected chi connectivity index (χ2v) is 11.0. The van der Waals surface area contributed by atoms with Crippen LogP contribution < -0.4 is 10.5 Å². The van der Waals surface area contributed by atoms with E-state index >= 15 is 0 Å². The van der Waals surface area contributed by atoms with Crippen molar-refractivity contribution < 1.29 is 9.21 Å². The molecule has 2 fully saturated rings. The highest BCUT2D eigenvalue weighted by Gasteiger charge is 2.34. The summed E-state index contributed by atoms with van der Waals surface area (Å²) in [5.74, 6) is 2.02. The molecule has 0 N–H and O–H groups in total. The molecule has 2 aliphatic rings. The van der Waals surface area contributed by atoms with Crippen molar-refractivity contribution in [1.29, 1.82) is 0 Å². The second kappa shape index (κ2) is 9.03. The number of carbonyl (C=O) groups excluding carboxylic acids is 1. The van der Waals surface area contributed by atoms with Crippen molar-refractivity contribution >= 4 is 51.7 Å². The molecule has 5 rings (SSSR count). The third-order valence-corrected chi connectivity index (χ3v) is 7.57. The van der Waals surface area contributed by atoms with Crippen LogP contribution in [0.25, 0.3) is 11.7 Å². The Bertz CT molecular complexity index is 1350. The van der Waals surface area contributed by atoms with Crippen molar-refractivity contribution in [2.45, 2.75) is 33.7 Å². The van der Waals surface area contributed by atoms with Gasteiger partial charge >= 0.3 is 0 Å². The molecule has 3 aromatic heterocycles. The van der Waals surface area contributed by atoms with Crippen LogP contribution in [0.15, 0.2) is 50.8 Å². The van der Waals surface area contributed by atoms with Gasteiger partial charge < -0.3 is 9.32 Å². The molecule has 0 radical (unpaired) electrons. The topological polar surface area (TPSA) is 71.1 Å². The van der Waals surface area contributed by atoms with Crippen LogP contribution in [0.4, 0.5) is 5.82 Å². The fraction of sp³-hybridized carbons (Fsp3) is 0.360. The van der Waals surface area contributed by atoms with E-state index in [4.69, 9.17) is 21.6 Å². The van der Waals surface area contributed by atoms with E-state index in [-0.39, 0.29) is 18.0 Å². The van der Waals surface area contributed by atoms with Gasteiger partial charge in [0.25, 0.3) is 11.5 Å². The minimum absolute atomic E-state index is 0.189. The zero-order valence-electron chi connectivity index (χ0n) is 19.4. The summed E-state index contributed by atoms with van der Waals surface area (Å²) < 4.78 is 7.39. The summed E-state index contributed by atoms with van der Waals surface area (Å²) in [5.41, 5.74) is 1.79. The molecule has 176 valence electrons. The molecule has 2 aliphatic heterocycles. The Kier molecular flexibility index (Phi) is 6.07. The van der Waals surface area contributed by atoms with Gasteiger partial charge in [-0.3, -0.25) is 18.9 Å². The van der Waals surface area contributed by atoms with Gasteiger partial charge in [-0.25, -0.2) is 4.98 Å². The Labute approximate surface area is 207 Å². The van der Waals surface area contributed by atoms with Crippen LogP contribution in [0.2, 0.25) is 0 Å². The maximum absolute atomic E-state index is 13.7. The van der Waals surface area contributed by atoms with Crippen molar-refractivity contribution in [3.63, 3.8) is 0 Å². The van der Waals surface area contributed by atoms with Crippen LogP contribution in [0.1, 0.15) is 37.2 Å². The highest BCUT2D eigenvalue weighted by Crippen LogP contribution is 2.35. The molecule has 0 bridgehead atoms. The van der Waals surface area contributed by atoms with Gasteiger partial charge in [-0.1, -0.05) is 43.9 Å². The lowest BCUT2D eigenvalue weighted by Gasteiger charge is -2.36. The Balaban J connectivity index is 1.61. The molecule has 0 spiro atoms. The van der Waals surface area contributed by atoms with E-state index in [1.165, 1.54) is 16.7 Å². The summed E-state index contributed by atoms with van der Waals surface area (Å²) in [6.07, 6.45) is 6.17. The van der Waals surface area contributed by atoms with E-state index in [1.807, 2.05) is 19.1 Å². The molecular formula is C25H26N4O3S2.